The maximum atomic E-state index is 12.5. The zero-order chi connectivity index (χ0) is 25.9. The van der Waals surface area contributed by atoms with Gasteiger partial charge in [0.2, 0.25) is 0 Å². The minimum atomic E-state index is -0.745. The van der Waals surface area contributed by atoms with Crippen LogP contribution in [0.3, 0.4) is 0 Å². The second-order valence-electron chi connectivity index (χ2n) is 7.89. The molecule has 3 aromatic rings. The van der Waals surface area contributed by atoms with E-state index < -0.39 is 24.4 Å². The first-order valence-electron chi connectivity index (χ1n) is 11.7. The second kappa shape index (κ2) is 12.9. The molecule has 0 heterocycles. The molecule has 0 fully saturated rings. The minimum Gasteiger partial charge on any atom is -0.454 e. The maximum absolute atomic E-state index is 12.5. The van der Waals surface area contributed by atoms with Crippen LogP contribution in [0.1, 0.15) is 34.6 Å². The van der Waals surface area contributed by atoms with E-state index in [0.29, 0.717) is 29.9 Å². The Hall–Kier alpha value is -4.46. The number of rotatable bonds is 10. The number of nitrogens with one attached hydrogen (secondary N) is 2. The van der Waals surface area contributed by atoms with Crippen LogP contribution in [0.25, 0.3) is 11.1 Å². The molecule has 0 aliphatic heterocycles. The van der Waals surface area contributed by atoms with Crippen molar-refractivity contribution < 1.29 is 23.9 Å². The highest BCUT2D eigenvalue weighted by Crippen LogP contribution is 2.19. The molecule has 8 nitrogen and oxygen atoms in total. The Kier molecular flexibility index (Phi) is 9.33. The summed E-state index contributed by atoms with van der Waals surface area (Å²) in [7, 11) is 0. The molecule has 0 atom stereocenters. The fourth-order valence-electron chi connectivity index (χ4n) is 3.52. The summed E-state index contributed by atoms with van der Waals surface area (Å²) in [5, 5.41) is 5.09. The maximum Gasteiger partial charge on any atom is 0.325 e. The van der Waals surface area contributed by atoms with E-state index >= 15 is 0 Å². The molecule has 0 unspecified atom stereocenters. The highest BCUT2D eigenvalue weighted by atomic mass is 16.5. The van der Waals surface area contributed by atoms with Gasteiger partial charge in [-0.3, -0.25) is 19.2 Å². The van der Waals surface area contributed by atoms with Crippen molar-refractivity contribution in [3.8, 4) is 11.1 Å². The number of benzene rings is 3. The van der Waals surface area contributed by atoms with Gasteiger partial charge in [0.05, 0.1) is 0 Å². The predicted molar refractivity (Wildman–Crippen MR) is 137 cm³/mol. The highest BCUT2D eigenvalue weighted by Gasteiger charge is 2.14. The number of hydrogen-bond donors (Lipinski definition) is 2. The Bertz CT molecular complexity index is 1210. The molecule has 0 aliphatic carbocycles. The predicted octanol–water partition coefficient (Wildman–Crippen LogP) is 3.75. The topological polar surface area (TPSA) is 105 Å². The largest absolute Gasteiger partial charge is 0.454 e. The van der Waals surface area contributed by atoms with Crippen molar-refractivity contribution in [2.45, 2.75) is 13.8 Å². The fraction of sp³-hybridized carbons (Fsp3) is 0.214. The van der Waals surface area contributed by atoms with Gasteiger partial charge in [0, 0.05) is 29.9 Å². The molecule has 0 aliphatic rings. The SMILES string of the molecule is CCN(CC)C(=O)c1cccc(NC(=O)COC(=O)CNC(=O)c2ccc(-c3ccccc3)cc2)c1. The number of ether oxygens (including phenoxy) is 1. The molecule has 0 spiro atoms. The molecular weight excluding hydrogens is 458 g/mol. The van der Waals surface area contributed by atoms with E-state index in [4.69, 9.17) is 4.74 Å². The Labute approximate surface area is 210 Å². The third-order valence-electron chi connectivity index (χ3n) is 5.46. The molecule has 0 saturated carbocycles. The van der Waals surface area contributed by atoms with Crippen LogP contribution in [0, 0.1) is 0 Å². The summed E-state index contributed by atoms with van der Waals surface area (Å²) in [4.78, 5) is 50.7. The van der Waals surface area contributed by atoms with Crippen molar-refractivity contribution in [1.29, 1.82) is 0 Å². The van der Waals surface area contributed by atoms with Crippen LogP contribution >= 0.6 is 0 Å². The van der Waals surface area contributed by atoms with Gasteiger partial charge in [0.25, 0.3) is 17.7 Å². The number of carbonyl (C=O) groups is 4. The molecule has 186 valence electrons. The Morgan fingerprint density at radius 2 is 1.44 bits per heavy atom. The summed E-state index contributed by atoms with van der Waals surface area (Å²) in [5.41, 5.74) is 3.28. The smallest absolute Gasteiger partial charge is 0.325 e. The first-order chi connectivity index (χ1) is 17.4. The number of hydrogen-bond acceptors (Lipinski definition) is 5. The van der Waals surface area contributed by atoms with E-state index in [1.807, 2.05) is 56.3 Å². The molecule has 0 saturated heterocycles. The van der Waals surface area contributed by atoms with Gasteiger partial charge in [0.1, 0.15) is 6.54 Å². The summed E-state index contributed by atoms with van der Waals surface area (Å²) < 4.78 is 4.95. The lowest BCUT2D eigenvalue weighted by atomic mass is 10.0. The van der Waals surface area contributed by atoms with E-state index in [1.165, 1.54) is 0 Å². The van der Waals surface area contributed by atoms with Crippen molar-refractivity contribution >= 4 is 29.4 Å². The van der Waals surface area contributed by atoms with E-state index in [0.717, 1.165) is 11.1 Å². The van der Waals surface area contributed by atoms with Crippen LogP contribution < -0.4 is 10.6 Å². The van der Waals surface area contributed by atoms with Crippen LogP contribution in [0.15, 0.2) is 78.9 Å². The molecule has 0 aromatic heterocycles. The van der Waals surface area contributed by atoms with Gasteiger partial charge in [-0.2, -0.15) is 0 Å². The number of anilines is 1. The highest BCUT2D eigenvalue weighted by molar-refractivity contribution is 5.98. The van der Waals surface area contributed by atoms with Crippen LogP contribution in [-0.4, -0.2) is 54.8 Å². The molecule has 8 heteroatoms. The lowest BCUT2D eigenvalue weighted by Crippen LogP contribution is -2.32. The summed E-state index contributed by atoms with van der Waals surface area (Å²) in [5.74, 6) is -1.86. The molecule has 3 rings (SSSR count). The van der Waals surface area contributed by atoms with Gasteiger partial charge < -0.3 is 20.3 Å². The zero-order valence-electron chi connectivity index (χ0n) is 20.3. The van der Waals surface area contributed by atoms with Crippen LogP contribution in [0.5, 0.6) is 0 Å². The van der Waals surface area contributed by atoms with Crippen molar-refractivity contribution in [3.63, 3.8) is 0 Å². The number of carbonyl (C=O) groups excluding carboxylic acids is 4. The zero-order valence-corrected chi connectivity index (χ0v) is 20.3. The van der Waals surface area contributed by atoms with Gasteiger partial charge in [0.15, 0.2) is 6.61 Å². The van der Waals surface area contributed by atoms with E-state index in [2.05, 4.69) is 10.6 Å². The summed E-state index contributed by atoms with van der Waals surface area (Å²) in [6.45, 7) is 4.06. The van der Waals surface area contributed by atoms with Gasteiger partial charge in [-0.15, -0.1) is 0 Å². The molecular formula is C28H29N3O5. The van der Waals surface area contributed by atoms with Crippen LogP contribution in [-0.2, 0) is 14.3 Å². The first kappa shape index (κ1) is 26.2. The molecule has 3 amide bonds. The third kappa shape index (κ3) is 7.27. The lowest BCUT2D eigenvalue weighted by Gasteiger charge is -2.19. The fourth-order valence-corrected chi connectivity index (χ4v) is 3.52. The Balaban J connectivity index is 1.44. The molecule has 2 N–H and O–H groups in total. The van der Waals surface area contributed by atoms with Crippen molar-refractivity contribution in [3.05, 3.63) is 90.0 Å². The van der Waals surface area contributed by atoms with Crippen LogP contribution in [0.4, 0.5) is 5.69 Å². The second-order valence-corrected chi connectivity index (χ2v) is 7.89. The first-order valence-corrected chi connectivity index (χ1v) is 11.7. The van der Waals surface area contributed by atoms with Gasteiger partial charge in [-0.05, 0) is 55.3 Å². The van der Waals surface area contributed by atoms with Crippen molar-refractivity contribution in [2.24, 2.45) is 0 Å². The van der Waals surface area contributed by atoms with Crippen molar-refractivity contribution in [1.82, 2.24) is 10.2 Å². The third-order valence-corrected chi connectivity index (χ3v) is 5.46. The van der Waals surface area contributed by atoms with Gasteiger partial charge in [-0.25, -0.2) is 0 Å². The Morgan fingerprint density at radius 1 is 0.778 bits per heavy atom. The average Bonchev–Trinajstić information content (AvgIpc) is 2.92. The number of esters is 1. The van der Waals surface area contributed by atoms with Gasteiger partial charge >= 0.3 is 5.97 Å². The summed E-state index contributed by atoms with van der Waals surface area (Å²) in [6, 6.07) is 23.3. The molecule has 0 radical (unpaired) electrons. The molecule has 0 bridgehead atoms. The monoisotopic (exact) mass is 487 g/mol. The molecule has 3 aromatic carbocycles. The van der Waals surface area contributed by atoms with E-state index in [1.54, 1.807) is 41.3 Å². The Morgan fingerprint density at radius 3 is 2.11 bits per heavy atom. The number of nitrogens with zero attached hydrogens (tertiary/aromatic N) is 1. The quantitative estimate of drug-likeness (QED) is 0.424. The summed E-state index contributed by atoms with van der Waals surface area (Å²) >= 11 is 0. The minimum absolute atomic E-state index is 0.132. The van der Waals surface area contributed by atoms with Crippen molar-refractivity contribution in [2.75, 3.05) is 31.6 Å². The standard InChI is InChI=1S/C28H29N3O5/c1-3-31(4-2)28(35)23-11-8-12-24(17-23)30-25(32)19-36-26(33)18-29-27(34)22-15-13-21(14-16-22)20-9-6-5-7-10-20/h5-17H,3-4,18-19H2,1-2H3,(H,29,34)(H,30,32). The van der Waals surface area contributed by atoms with Crippen LogP contribution in [0.2, 0.25) is 0 Å². The van der Waals surface area contributed by atoms with E-state index in [-0.39, 0.29) is 12.5 Å². The average molecular weight is 488 g/mol. The lowest BCUT2D eigenvalue weighted by molar-refractivity contribution is -0.146. The normalized spacial score (nSPS) is 10.3. The summed E-state index contributed by atoms with van der Waals surface area (Å²) in [6.07, 6.45) is 0. The molecule has 36 heavy (non-hydrogen) atoms. The van der Waals surface area contributed by atoms with Gasteiger partial charge in [-0.1, -0.05) is 48.5 Å². The number of amides is 3. The van der Waals surface area contributed by atoms with E-state index in [9.17, 15) is 19.2 Å².